The highest BCUT2D eigenvalue weighted by Gasteiger charge is 2.12. The van der Waals surface area contributed by atoms with Gasteiger partial charge in [0, 0.05) is 49.8 Å². The summed E-state index contributed by atoms with van der Waals surface area (Å²) in [6.45, 7) is 10.2. The molecule has 1 aliphatic rings. The van der Waals surface area contributed by atoms with Crippen molar-refractivity contribution in [1.82, 2.24) is 15.2 Å². The van der Waals surface area contributed by atoms with Gasteiger partial charge in [0.05, 0.1) is 0 Å². The second-order valence-electron chi connectivity index (χ2n) is 5.66. The SMILES string of the molecule is Cc1cc(C)c2c(CCN3CCNCC3)c[nH]c2c1. The van der Waals surface area contributed by atoms with Gasteiger partial charge in [0.15, 0.2) is 0 Å². The van der Waals surface area contributed by atoms with Crippen molar-refractivity contribution in [2.45, 2.75) is 20.3 Å². The van der Waals surface area contributed by atoms with Crippen molar-refractivity contribution in [2.75, 3.05) is 32.7 Å². The molecule has 0 amide bonds. The molecule has 1 aromatic heterocycles. The molecule has 3 heteroatoms. The molecule has 19 heavy (non-hydrogen) atoms. The lowest BCUT2D eigenvalue weighted by molar-refractivity contribution is 0.244. The molecule has 102 valence electrons. The molecule has 1 aliphatic heterocycles. The Labute approximate surface area is 115 Å². The summed E-state index contributed by atoms with van der Waals surface area (Å²) < 4.78 is 0. The predicted octanol–water partition coefficient (Wildman–Crippen LogP) is 2.23. The summed E-state index contributed by atoms with van der Waals surface area (Å²) in [5, 5.41) is 4.84. The van der Waals surface area contributed by atoms with E-state index in [1.165, 1.54) is 47.2 Å². The first-order valence-corrected chi connectivity index (χ1v) is 7.24. The van der Waals surface area contributed by atoms with E-state index in [0.29, 0.717) is 0 Å². The number of benzene rings is 1. The summed E-state index contributed by atoms with van der Waals surface area (Å²) in [5.74, 6) is 0. The summed E-state index contributed by atoms with van der Waals surface area (Å²) in [5.41, 5.74) is 5.48. The molecule has 1 saturated heterocycles. The molecule has 0 aliphatic carbocycles. The molecule has 3 nitrogen and oxygen atoms in total. The first-order valence-electron chi connectivity index (χ1n) is 7.24. The van der Waals surface area contributed by atoms with E-state index in [1.807, 2.05) is 0 Å². The summed E-state index contributed by atoms with van der Waals surface area (Å²) >= 11 is 0. The van der Waals surface area contributed by atoms with Crippen molar-refractivity contribution in [3.05, 3.63) is 35.0 Å². The van der Waals surface area contributed by atoms with Crippen LogP contribution >= 0.6 is 0 Å². The van der Waals surface area contributed by atoms with Gasteiger partial charge in [-0.1, -0.05) is 6.07 Å². The summed E-state index contributed by atoms with van der Waals surface area (Å²) in [7, 11) is 0. The molecule has 0 atom stereocenters. The number of piperazine rings is 1. The lowest BCUT2D eigenvalue weighted by atomic mass is 10.0. The van der Waals surface area contributed by atoms with E-state index < -0.39 is 0 Å². The Morgan fingerprint density at radius 1 is 1.16 bits per heavy atom. The number of fused-ring (bicyclic) bond motifs is 1. The second-order valence-corrected chi connectivity index (χ2v) is 5.66. The van der Waals surface area contributed by atoms with Gasteiger partial charge in [0.25, 0.3) is 0 Å². The first-order chi connectivity index (χ1) is 9.24. The maximum absolute atomic E-state index is 3.43. The standard InChI is InChI=1S/C16H23N3/c1-12-9-13(2)16-14(11-18-15(16)10-12)3-6-19-7-4-17-5-8-19/h9-11,17-18H,3-8H2,1-2H3. The average Bonchev–Trinajstić information content (AvgIpc) is 2.81. The molecular weight excluding hydrogens is 234 g/mol. The smallest absolute Gasteiger partial charge is 0.0462 e. The molecule has 0 saturated carbocycles. The minimum absolute atomic E-state index is 1.13. The normalized spacial score (nSPS) is 17.2. The van der Waals surface area contributed by atoms with Crippen LogP contribution < -0.4 is 5.32 Å². The number of aryl methyl sites for hydroxylation is 2. The fourth-order valence-electron chi connectivity index (χ4n) is 3.16. The largest absolute Gasteiger partial charge is 0.361 e. The van der Waals surface area contributed by atoms with Gasteiger partial charge < -0.3 is 15.2 Å². The molecule has 0 spiro atoms. The Hall–Kier alpha value is -1.32. The van der Waals surface area contributed by atoms with Crippen LogP contribution in [0.1, 0.15) is 16.7 Å². The molecule has 0 radical (unpaired) electrons. The first kappa shape index (κ1) is 12.7. The van der Waals surface area contributed by atoms with Gasteiger partial charge in [-0.25, -0.2) is 0 Å². The summed E-state index contributed by atoms with van der Waals surface area (Å²) in [6.07, 6.45) is 3.34. The molecule has 1 aromatic carbocycles. The highest BCUT2D eigenvalue weighted by molar-refractivity contribution is 5.87. The van der Waals surface area contributed by atoms with Crippen LogP contribution in [0.5, 0.6) is 0 Å². The van der Waals surface area contributed by atoms with Gasteiger partial charge in [-0.05, 0) is 43.0 Å². The number of nitrogens with zero attached hydrogens (tertiary/aromatic N) is 1. The van der Waals surface area contributed by atoms with E-state index >= 15 is 0 Å². The van der Waals surface area contributed by atoms with Crippen LogP contribution in [0.2, 0.25) is 0 Å². The Balaban J connectivity index is 1.77. The Morgan fingerprint density at radius 3 is 2.74 bits per heavy atom. The van der Waals surface area contributed by atoms with Crippen molar-refractivity contribution < 1.29 is 0 Å². The monoisotopic (exact) mass is 257 g/mol. The fourth-order valence-corrected chi connectivity index (χ4v) is 3.16. The van der Waals surface area contributed by atoms with Crippen LogP contribution in [0, 0.1) is 13.8 Å². The molecule has 2 N–H and O–H groups in total. The van der Waals surface area contributed by atoms with Crippen molar-refractivity contribution in [2.24, 2.45) is 0 Å². The summed E-state index contributed by atoms with van der Waals surface area (Å²) in [4.78, 5) is 5.98. The molecule has 2 aromatic rings. The Morgan fingerprint density at radius 2 is 1.95 bits per heavy atom. The maximum Gasteiger partial charge on any atom is 0.0462 e. The quantitative estimate of drug-likeness (QED) is 0.883. The topological polar surface area (TPSA) is 31.1 Å². The zero-order chi connectivity index (χ0) is 13.2. The van der Waals surface area contributed by atoms with Gasteiger partial charge in [0.2, 0.25) is 0 Å². The molecule has 2 heterocycles. The van der Waals surface area contributed by atoms with Crippen LogP contribution in [-0.4, -0.2) is 42.6 Å². The van der Waals surface area contributed by atoms with Crippen LogP contribution in [0.25, 0.3) is 10.9 Å². The zero-order valence-electron chi connectivity index (χ0n) is 11.9. The Kier molecular flexibility index (Phi) is 3.58. The molecular formula is C16H23N3. The van der Waals surface area contributed by atoms with Crippen molar-refractivity contribution in [1.29, 1.82) is 0 Å². The van der Waals surface area contributed by atoms with E-state index in [0.717, 1.165) is 19.5 Å². The van der Waals surface area contributed by atoms with Gasteiger partial charge in [-0.3, -0.25) is 0 Å². The van der Waals surface area contributed by atoms with E-state index in [2.05, 4.69) is 47.4 Å². The fraction of sp³-hybridized carbons (Fsp3) is 0.500. The van der Waals surface area contributed by atoms with Crippen LogP contribution in [0.15, 0.2) is 18.3 Å². The molecule has 0 unspecified atom stereocenters. The molecule has 0 bridgehead atoms. The minimum Gasteiger partial charge on any atom is -0.361 e. The number of nitrogens with one attached hydrogen (secondary N) is 2. The van der Waals surface area contributed by atoms with Crippen molar-refractivity contribution in [3.8, 4) is 0 Å². The van der Waals surface area contributed by atoms with Crippen LogP contribution in [0.4, 0.5) is 0 Å². The predicted molar refractivity (Wildman–Crippen MR) is 80.8 cm³/mol. The highest BCUT2D eigenvalue weighted by atomic mass is 15.2. The van der Waals surface area contributed by atoms with E-state index in [1.54, 1.807) is 0 Å². The lowest BCUT2D eigenvalue weighted by Gasteiger charge is -2.27. The minimum atomic E-state index is 1.13. The number of aromatic amines is 1. The highest BCUT2D eigenvalue weighted by Crippen LogP contribution is 2.24. The maximum atomic E-state index is 3.43. The van der Waals surface area contributed by atoms with Gasteiger partial charge in [-0.15, -0.1) is 0 Å². The number of aromatic nitrogens is 1. The van der Waals surface area contributed by atoms with E-state index in [-0.39, 0.29) is 0 Å². The number of hydrogen-bond donors (Lipinski definition) is 2. The second kappa shape index (κ2) is 5.35. The third-order valence-corrected chi connectivity index (χ3v) is 4.11. The van der Waals surface area contributed by atoms with Crippen LogP contribution in [0.3, 0.4) is 0 Å². The molecule has 3 rings (SSSR count). The zero-order valence-corrected chi connectivity index (χ0v) is 11.9. The lowest BCUT2D eigenvalue weighted by Crippen LogP contribution is -2.44. The Bertz CT molecular complexity index is 565. The van der Waals surface area contributed by atoms with E-state index in [9.17, 15) is 0 Å². The number of hydrogen-bond acceptors (Lipinski definition) is 2. The molecule has 1 fully saturated rings. The number of rotatable bonds is 3. The summed E-state index contributed by atoms with van der Waals surface area (Å²) in [6, 6.07) is 4.53. The van der Waals surface area contributed by atoms with Crippen molar-refractivity contribution >= 4 is 10.9 Å². The van der Waals surface area contributed by atoms with Crippen LogP contribution in [-0.2, 0) is 6.42 Å². The van der Waals surface area contributed by atoms with Gasteiger partial charge >= 0.3 is 0 Å². The van der Waals surface area contributed by atoms with E-state index in [4.69, 9.17) is 0 Å². The van der Waals surface area contributed by atoms with Gasteiger partial charge in [-0.2, -0.15) is 0 Å². The third kappa shape index (κ3) is 2.67. The van der Waals surface area contributed by atoms with Crippen molar-refractivity contribution in [3.63, 3.8) is 0 Å². The van der Waals surface area contributed by atoms with Gasteiger partial charge in [0.1, 0.15) is 0 Å². The number of H-pyrrole nitrogens is 1. The average molecular weight is 257 g/mol. The third-order valence-electron chi connectivity index (χ3n) is 4.11.